The van der Waals surface area contributed by atoms with E-state index in [0.717, 1.165) is 5.69 Å². The fourth-order valence-electron chi connectivity index (χ4n) is 7.05. The van der Waals surface area contributed by atoms with Crippen molar-refractivity contribution in [3.63, 3.8) is 0 Å². The molecule has 0 heterocycles. The summed E-state index contributed by atoms with van der Waals surface area (Å²) in [6.45, 7) is 6.89. The van der Waals surface area contributed by atoms with Crippen LogP contribution in [-0.4, -0.2) is 0 Å². The molecule has 0 radical (unpaired) electrons. The minimum atomic E-state index is -0.141. The van der Waals surface area contributed by atoms with Crippen LogP contribution >= 0.6 is 0 Å². The van der Waals surface area contributed by atoms with Crippen LogP contribution in [0.25, 0.3) is 44.2 Å². The first kappa shape index (κ1) is 27.2. The van der Waals surface area contributed by atoms with E-state index < -0.39 is 0 Å². The van der Waals surface area contributed by atoms with E-state index in [1.54, 1.807) is 0 Å². The molecular formula is C44H35N. The zero-order valence-electron chi connectivity index (χ0n) is 26.0. The summed E-state index contributed by atoms with van der Waals surface area (Å²) < 4.78 is 0. The van der Waals surface area contributed by atoms with E-state index in [2.05, 4.69) is 183 Å². The van der Waals surface area contributed by atoms with Gasteiger partial charge in [0.25, 0.3) is 0 Å². The number of aryl methyl sites for hydroxylation is 1. The van der Waals surface area contributed by atoms with E-state index in [1.807, 2.05) is 0 Å². The van der Waals surface area contributed by atoms with Gasteiger partial charge >= 0.3 is 0 Å². The molecule has 0 fully saturated rings. The van der Waals surface area contributed by atoms with Crippen molar-refractivity contribution in [2.24, 2.45) is 0 Å². The second kappa shape index (κ2) is 10.6. The number of benzene rings is 7. The van der Waals surface area contributed by atoms with E-state index in [-0.39, 0.29) is 5.41 Å². The van der Waals surface area contributed by atoms with Crippen LogP contribution in [0.15, 0.2) is 158 Å². The first-order valence-corrected chi connectivity index (χ1v) is 15.8. The number of nitrogens with zero attached hydrogens (tertiary/aromatic N) is 1. The van der Waals surface area contributed by atoms with Gasteiger partial charge in [0.1, 0.15) is 0 Å². The average Bonchev–Trinajstić information content (AvgIpc) is 3.31. The second-order valence-electron chi connectivity index (χ2n) is 12.7. The van der Waals surface area contributed by atoms with Gasteiger partial charge < -0.3 is 4.90 Å². The van der Waals surface area contributed by atoms with Crippen LogP contribution in [0.1, 0.15) is 30.5 Å². The molecule has 7 aromatic carbocycles. The van der Waals surface area contributed by atoms with Crippen molar-refractivity contribution in [2.45, 2.75) is 26.2 Å². The van der Waals surface area contributed by atoms with Crippen LogP contribution < -0.4 is 4.90 Å². The summed E-state index contributed by atoms with van der Waals surface area (Å²) in [5, 5.41) is 2.48. The van der Waals surface area contributed by atoms with E-state index in [4.69, 9.17) is 0 Å². The minimum absolute atomic E-state index is 0.141. The summed E-state index contributed by atoms with van der Waals surface area (Å²) in [5.74, 6) is 0. The lowest BCUT2D eigenvalue weighted by molar-refractivity contribution is 0.660. The molecule has 7 aromatic rings. The molecule has 0 aliphatic heterocycles. The Kier molecular flexibility index (Phi) is 6.43. The summed E-state index contributed by atoms with van der Waals surface area (Å²) in [6, 6.07) is 57.8. The first-order chi connectivity index (χ1) is 22.0. The molecule has 1 nitrogen and oxygen atoms in total. The third-order valence-electron chi connectivity index (χ3n) is 9.54. The van der Waals surface area contributed by atoms with E-state index in [1.165, 1.54) is 72.2 Å². The van der Waals surface area contributed by atoms with Gasteiger partial charge in [-0.2, -0.15) is 0 Å². The zero-order chi connectivity index (χ0) is 30.5. The van der Waals surface area contributed by atoms with Crippen molar-refractivity contribution in [1.82, 2.24) is 0 Å². The molecule has 0 atom stereocenters. The lowest BCUT2D eigenvalue weighted by atomic mass is 9.81. The van der Waals surface area contributed by atoms with Crippen molar-refractivity contribution < 1.29 is 0 Å². The number of hydrogen-bond acceptors (Lipinski definition) is 1. The molecule has 0 amide bonds. The van der Waals surface area contributed by atoms with Gasteiger partial charge in [0, 0.05) is 22.2 Å². The Bertz CT molecular complexity index is 2170. The molecule has 0 N–H and O–H groups in total. The van der Waals surface area contributed by atoms with Crippen LogP contribution in [0.5, 0.6) is 0 Å². The Balaban J connectivity index is 1.21. The normalized spacial score (nSPS) is 13.0. The highest BCUT2D eigenvalue weighted by Gasteiger charge is 2.36. The third-order valence-corrected chi connectivity index (χ3v) is 9.54. The molecule has 216 valence electrons. The maximum atomic E-state index is 2.42. The Labute approximate surface area is 266 Å². The van der Waals surface area contributed by atoms with Crippen molar-refractivity contribution >= 4 is 27.8 Å². The fourth-order valence-corrected chi connectivity index (χ4v) is 7.05. The molecular weight excluding hydrogens is 542 g/mol. The van der Waals surface area contributed by atoms with Gasteiger partial charge in [0.2, 0.25) is 0 Å². The number of fused-ring (bicyclic) bond motifs is 4. The Morgan fingerprint density at radius 1 is 0.444 bits per heavy atom. The minimum Gasteiger partial charge on any atom is -0.310 e. The van der Waals surface area contributed by atoms with E-state index in [9.17, 15) is 0 Å². The monoisotopic (exact) mass is 577 g/mol. The van der Waals surface area contributed by atoms with Crippen molar-refractivity contribution in [1.29, 1.82) is 0 Å². The summed E-state index contributed by atoms with van der Waals surface area (Å²) in [5.41, 5.74) is 15.0. The van der Waals surface area contributed by atoms with Crippen LogP contribution in [0.3, 0.4) is 0 Å². The second-order valence-corrected chi connectivity index (χ2v) is 12.7. The molecule has 0 saturated heterocycles. The van der Waals surface area contributed by atoms with Gasteiger partial charge in [-0.15, -0.1) is 0 Å². The highest BCUT2D eigenvalue weighted by atomic mass is 15.1. The Morgan fingerprint density at radius 2 is 1.00 bits per heavy atom. The quantitative estimate of drug-likeness (QED) is 0.197. The highest BCUT2D eigenvalue weighted by molar-refractivity contribution is 5.99. The van der Waals surface area contributed by atoms with Crippen LogP contribution in [0.2, 0.25) is 0 Å². The highest BCUT2D eigenvalue weighted by Crippen LogP contribution is 2.52. The van der Waals surface area contributed by atoms with Gasteiger partial charge in [-0.05, 0) is 93.2 Å². The SMILES string of the molecule is Cc1ccc(N(c2ccc3c(c2)C(C)(C)c2cc(-c4ccc(-c5ccccc5)cc4)ccc2-3)c2cccc3ccccc23)cc1. The topological polar surface area (TPSA) is 3.24 Å². The molecule has 0 bridgehead atoms. The van der Waals surface area contributed by atoms with Crippen molar-refractivity contribution in [3.05, 3.63) is 174 Å². The molecule has 0 unspecified atom stereocenters. The smallest absolute Gasteiger partial charge is 0.0540 e. The molecule has 1 aliphatic carbocycles. The predicted octanol–water partition coefficient (Wildman–Crippen LogP) is 12.3. The van der Waals surface area contributed by atoms with Gasteiger partial charge in [0.05, 0.1) is 5.69 Å². The summed E-state index contributed by atoms with van der Waals surface area (Å²) in [7, 11) is 0. The number of rotatable bonds is 5. The summed E-state index contributed by atoms with van der Waals surface area (Å²) in [6.07, 6.45) is 0. The summed E-state index contributed by atoms with van der Waals surface area (Å²) in [4.78, 5) is 2.42. The first-order valence-electron chi connectivity index (χ1n) is 15.8. The largest absolute Gasteiger partial charge is 0.310 e. The molecule has 45 heavy (non-hydrogen) atoms. The lowest BCUT2D eigenvalue weighted by Crippen LogP contribution is -2.16. The van der Waals surface area contributed by atoms with Gasteiger partial charge in [-0.1, -0.05) is 141 Å². The number of anilines is 3. The van der Waals surface area contributed by atoms with Crippen molar-refractivity contribution in [3.8, 4) is 33.4 Å². The molecule has 1 aliphatic rings. The molecule has 0 spiro atoms. The predicted molar refractivity (Wildman–Crippen MR) is 192 cm³/mol. The van der Waals surface area contributed by atoms with Gasteiger partial charge in [-0.25, -0.2) is 0 Å². The maximum absolute atomic E-state index is 2.42. The fraction of sp³-hybridized carbons (Fsp3) is 0.0909. The molecule has 1 heteroatoms. The Morgan fingerprint density at radius 3 is 1.76 bits per heavy atom. The molecule has 0 aromatic heterocycles. The van der Waals surface area contributed by atoms with Gasteiger partial charge in [0.15, 0.2) is 0 Å². The summed E-state index contributed by atoms with van der Waals surface area (Å²) >= 11 is 0. The average molecular weight is 578 g/mol. The van der Waals surface area contributed by atoms with E-state index in [0.29, 0.717) is 0 Å². The van der Waals surface area contributed by atoms with Crippen LogP contribution in [0, 0.1) is 6.92 Å². The Hall–Kier alpha value is -5.40. The lowest BCUT2D eigenvalue weighted by Gasteiger charge is -2.29. The third kappa shape index (κ3) is 4.64. The molecule has 8 rings (SSSR count). The zero-order valence-corrected chi connectivity index (χ0v) is 26.0. The number of hydrogen-bond donors (Lipinski definition) is 0. The van der Waals surface area contributed by atoms with Crippen molar-refractivity contribution in [2.75, 3.05) is 4.90 Å². The van der Waals surface area contributed by atoms with Crippen LogP contribution in [-0.2, 0) is 5.41 Å². The van der Waals surface area contributed by atoms with Crippen LogP contribution in [0.4, 0.5) is 17.1 Å². The van der Waals surface area contributed by atoms with E-state index >= 15 is 0 Å². The maximum Gasteiger partial charge on any atom is 0.0540 e. The standard InChI is InChI=1S/C44H35N/c1-30-16-23-36(24-17-30)45(43-15-9-13-34-12-7-8-14-38(34)43)37-25-27-40-39-26-22-35(28-41(39)44(2,3)42(40)29-37)33-20-18-32(19-21-33)31-10-5-4-6-11-31/h4-29H,1-3H3. The van der Waals surface area contributed by atoms with Gasteiger partial charge in [-0.3, -0.25) is 0 Å². The molecule has 0 saturated carbocycles.